The summed E-state index contributed by atoms with van der Waals surface area (Å²) in [6, 6.07) is 2.87. The number of ether oxygens (including phenoxy) is 1. The maximum Gasteiger partial charge on any atom is 0.338 e. The Morgan fingerprint density at radius 2 is 2.17 bits per heavy atom. The van der Waals surface area contributed by atoms with Crippen LogP contribution >= 0.6 is 11.3 Å². The number of benzene rings is 1. The van der Waals surface area contributed by atoms with E-state index in [0.29, 0.717) is 5.01 Å². The zero-order chi connectivity index (χ0) is 13.1. The van der Waals surface area contributed by atoms with Crippen LogP contribution in [-0.2, 0) is 11.3 Å². The van der Waals surface area contributed by atoms with Gasteiger partial charge in [-0.3, -0.25) is 0 Å². The summed E-state index contributed by atoms with van der Waals surface area (Å²) in [5.74, 6) is -2.78. The van der Waals surface area contributed by atoms with Crippen LogP contribution in [0.1, 0.15) is 21.1 Å². The minimum absolute atomic E-state index is 0.0241. The summed E-state index contributed by atoms with van der Waals surface area (Å²) < 4.78 is 30.5. The fourth-order valence-corrected chi connectivity index (χ4v) is 1.99. The van der Waals surface area contributed by atoms with Crippen LogP contribution in [0.5, 0.6) is 0 Å². The Bertz CT molecular complexity index is 583. The quantitative estimate of drug-likeness (QED) is 0.804. The molecule has 2 rings (SSSR count). The lowest BCUT2D eigenvalue weighted by molar-refractivity contribution is 0.0471. The summed E-state index contributed by atoms with van der Waals surface area (Å²) in [7, 11) is 0. The third kappa shape index (κ3) is 2.89. The first-order valence-electron chi connectivity index (χ1n) is 5.09. The van der Waals surface area contributed by atoms with E-state index in [-0.39, 0.29) is 12.2 Å². The van der Waals surface area contributed by atoms with Crippen molar-refractivity contribution in [2.45, 2.75) is 13.5 Å². The van der Waals surface area contributed by atoms with E-state index in [0.717, 1.165) is 17.8 Å². The molecule has 0 bridgehead atoms. The molecular formula is C12H9F2NO2S. The van der Waals surface area contributed by atoms with Gasteiger partial charge in [-0.1, -0.05) is 0 Å². The van der Waals surface area contributed by atoms with Gasteiger partial charge in [-0.25, -0.2) is 18.6 Å². The maximum atomic E-state index is 12.9. The van der Waals surface area contributed by atoms with E-state index in [4.69, 9.17) is 4.74 Å². The van der Waals surface area contributed by atoms with Gasteiger partial charge in [0.1, 0.15) is 11.6 Å². The average molecular weight is 269 g/mol. The predicted molar refractivity (Wildman–Crippen MR) is 62.3 cm³/mol. The van der Waals surface area contributed by atoms with Crippen LogP contribution in [0, 0.1) is 18.6 Å². The van der Waals surface area contributed by atoms with Crippen LogP contribution in [0.15, 0.2) is 23.6 Å². The topological polar surface area (TPSA) is 39.2 Å². The molecule has 2 aromatic rings. The molecular weight excluding hydrogens is 260 g/mol. The summed E-state index contributed by atoms with van der Waals surface area (Å²) in [5.41, 5.74) is 0.820. The van der Waals surface area contributed by atoms with Crippen LogP contribution in [0.2, 0.25) is 0 Å². The highest BCUT2D eigenvalue weighted by atomic mass is 32.1. The predicted octanol–water partition coefficient (Wildman–Crippen LogP) is 3.09. The number of halogens is 2. The van der Waals surface area contributed by atoms with E-state index in [1.165, 1.54) is 17.4 Å². The van der Waals surface area contributed by atoms with E-state index < -0.39 is 17.6 Å². The molecule has 0 saturated heterocycles. The van der Waals surface area contributed by atoms with Crippen molar-refractivity contribution in [3.05, 3.63) is 51.5 Å². The van der Waals surface area contributed by atoms with Crippen molar-refractivity contribution in [3.63, 3.8) is 0 Å². The number of carbonyl (C=O) groups is 1. The first-order valence-corrected chi connectivity index (χ1v) is 5.97. The highest BCUT2D eigenvalue weighted by molar-refractivity contribution is 7.09. The second-order valence-electron chi connectivity index (χ2n) is 3.59. The lowest BCUT2D eigenvalue weighted by Gasteiger charge is -2.03. The molecule has 0 atom stereocenters. The Kier molecular flexibility index (Phi) is 3.66. The Labute approximate surface area is 106 Å². The zero-order valence-electron chi connectivity index (χ0n) is 9.44. The zero-order valence-corrected chi connectivity index (χ0v) is 10.3. The molecule has 0 radical (unpaired) electrons. The second kappa shape index (κ2) is 5.22. The minimum Gasteiger partial charge on any atom is -0.455 e. The number of hydrogen-bond donors (Lipinski definition) is 0. The number of carbonyl (C=O) groups excluding carboxylic acids is 1. The SMILES string of the molecule is Cc1csc(COC(=O)c2ccc(F)c(F)c2)n1. The van der Waals surface area contributed by atoms with Crippen molar-refractivity contribution in [1.29, 1.82) is 0 Å². The molecule has 0 N–H and O–H groups in total. The molecule has 18 heavy (non-hydrogen) atoms. The van der Waals surface area contributed by atoms with Crippen molar-refractivity contribution >= 4 is 17.3 Å². The van der Waals surface area contributed by atoms with Crippen LogP contribution in [0.25, 0.3) is 0 Å². The van der Waals surface area contributed by atoms with Gasteiger partial charge in [0.25, 0.3) is 0 Å². The normalized spacial score (nSPS) is 10.4. The highest BCUT2D eigenvalue weighted by Crippen LogP contribution is 2.13. The number of esters is 1. The molecule has 6 heteroatoms. The van der Waals surface area contributed by atoms with E-state index in [1.807, 2.05) is 12.3 Å². The Morgan fingerprint density at radius 3 is 2.78 bits per heavy atom. The van der Waals surface area contributed by atoms with Gasteiger partial charge in [-0.2, -0.15) is 0 Å². The molecule has 0 saturated carbocycles. The maximum absolute atomic E-state index is 12.9. The van der Waals surface area contributed by atoms with Gasteiger partial charge in [0.2, 0.25) is 0 Å². The summed E-state index contributed by atoms with van der Waals surface area (Å²) >= 11 is 1.37. The number of nitrogens with zero attached hydrogens (tertiary/aromatic N) is 1. The van der Waals surface area contributed by atoms with Crippen LogP contribution in [0.4, 0.5) is 8.78 Å². The molecule has 0 aliphatic carbocycles. The summed E-state index contributed by atoms with van der Waals surface area (Å²) in [4.78, 5) is 15.7. The third-order valence-electron chi connectivity index (χ3n) is 2.15. The van der Waals surface area contributed by atoms with Gasteiger partial charge in [-0.15, -0.1) is 11.3 Å². The van der Waals surface area contributed by atoms with Gasteiger partial charge in [0, 0.05) is 11.1 Å². The van der Waals surface area contributed by atoms with E-state index in [1.54, 1.807) is 0 Å². The number of thiazole rings is 1. The Morgan fingerprint density at radius 1 is 1.39 bits per heavy atom. The van der Waals surface area contributed by atoms with Crippen molar-refractivity contribution in [2.24, 2.45) is 0 Å². The van der Waals surface area contributed by atoms with Crippen molar-refractivity contribution in [2.75, 3.05) is 0 Å². The number of rotatable bonds is 3. The molecule has 0 amide bonds. The van der Waals surface area contributed by atoms with Gasteiger partial charge in [0.05, 0.1) is 5.56 Å². The molecule has 1 aromatic carbocycles. The fraction of sp³-hybridized carbons (Fsp3) is 0.167. The molecule has 1 heterocycles. The molecule has 0 unspecified atom stereocenters. The van der Waals surface area contributed by atoms with E-state index in [9.17, 15) is 13.6 Å². The highest BCUT2D eigenvalue weighted by Gasteiger charge is 2.11. The number of aromatic nitrogens is 1. The Balaban J connectivity index is 2.01. The first kappa shape index (κ1) is 12.6. The van der Waals surface area contributed by atoms with Crippen molar-refractivity contribution in [3.8, 4) is 0 Å². The van der Waals surface area contributed by atoms with Gasteiger partial charge in [-0.05, 0) is 25.1 Å². The second-order valence-corrected chi connectivity index (χ2v) is 4.53. The lowest BCUT2D eigenvalue weighted by atomic mass is 10.2. The van der Waals surface area contributed by atoms with E-state index >= 15 is 0 Å². The summed E-state index contributed by atoms with van der Waals surface area (Å²) in [6.07, 6.45) is 0. The smallest absolute Gasteiger partial charge is 0.338 e. The molecule has 1 aromatic heterocycles. The molecule has 94 valence electrons. The molecule has 0 fully saturated rings. The Hall–Kier alpha value is -1.82. The van der Waals surface area contributed by atoms with Crippen LogP contribution in [0.3, 0.4) is 0 Å². The van der Waals surface area contributed by atoms with Gasteiger partial charge >= 0.3 is 5.97 Å². The molecule has 0 aliphatic heterocycles. The lowest BCUT2D eigenvalue weighted by Crippen LogP contribution is -2.06. The van der Waals surface area contributed by atoms with Crippen LogP contribution in [-0.4, -0.2) is 11.0 Å². The van der Waals surface area contributed by atoms with Gasteiger partial charge < -0.3 is 4.74 Å². The fourth-order valence-electron chi connectivity index (χ4n) is 1.30. The third-order valence-corrected chi connectivity index (χ3v) is 3.09. The molecule has 0 aliphatic rings. The van der Waals surface area contributed by atoms with Crippen LogP contribution < -0.4 is 0 Å². The van der Waals surface area contributed by atoms with Gasteiger partial charge in [0.15, 0.2) is 11.6 Å². The molecule has 3 nitrogen and oxygen atoms in total. The first-order chi connectivity index (χ1) is 8.56. The van der Waals surface area contributed by atoms with E-state index in [2.05, 4.69) is 4.98 Å². The standard InChI is InChI=1S/C12H9F2NO2S/c1-7-6-18-11(15-7)5-17-12(16)8-2-3-9(13)10(14)4-8/h2-4,6H,5H2,1H3. The number of hydrogen-bond acceptors (Lipinski definition) is 4. The minimum atomic E-state index is -1.07. The van der Waals surface area contributed by atoms with Crippen molar-refractivity contribution in [1.82, 2.24) is 4.98 Å². The molecule has 0 spiro atoms. The summed E-state index contributed by atoms with van der Waals surface area (Å²) in [5, 5.41) is 2.49. The number of aryl methyl sites for hydroxylation is 1. The average Bonchev–Trinajstić information content (AvgIpc) is 2.75. The monoisotopic (exact) mass is 269 g/mol. The largest absolute Gasteiger partial charge is 0.455 e. The van der Waals surface area contributed by atoms with Crippen molar-refractivity contribution < 1.29 is 18.3 Å². The summed E-state index contributed by atoms with van der Waals surface area (Å²) in [6.45, 7) is 1.85.